The lowest BCUT2D eigenvalue weighted by Crippen LogP contribution is -2.40. The van der Waals surface area contributed by atoms with Crippen LogP contribution in [0.3, 0.4) is 0 Å². The van der Waals surface area contributed by atoms with Crippen LogP contribution < -0.4 is 10.2 Å². The topological polar surface area (TPSA) is 41.0 Å². The average molecular weight is 413 g/mol. The summed E-state index contributed by atoms with van der Waals surface area (Å²) in [5, 5.41) is 3.66. The molecule has 0 saturated heterocycles. The van der Waals surface area contributed by atoms with E-state index in [0.717, 1.165) is 31.0 Å². The molecular weight excluding hydrogens is 380 g/mol. The highest BCUT2D eigenvalue weighted by Crippen LogP contribution is 2.41. The smallest absolute Gasteiger partial charge is 0.148 e. The van der Waals surface area contributed by atoms with Crippen molar-refractivity contribution in [2.45, 2.75) is 58.9 Å². The lowest BCUT2D eigenvalue weighted by molar-refractivity contribution is 0.579. The Bertz CT molecular complexity index is 1020. The van der Waals surface area contributed by atoms with E-state index < -0.39 is 0 Å². The van der Waals surface area contributed by atoms with Crippen LogP contribution in [-0.2, 0) is 0 Å². The molecule has 4 nitrogen and oxygen atoms in total. The minimum atomic E-state index is 0.0397. The summed E-state index contributed by atoms with van der Waals surface area (Å²) in [6.45, 7) is 10.5. The molecule has 1 saturated carbocycles. The molecule has 1 N–H and O–H groups in total. The zero-order valence-electron chi connectivity index (χ0n) is 19.1. The van der Waals surface area contributed by atoms with Crippen molar-refractivity contribution in [2.75, 3.05) is 18.0 Å². The van der Waals surface area contributed by atoms with Gasteiger partial charge in [0, 0.05) is 30.9 Å². The summed E-state index contributed by atoms with van der Waals surface area (Å²) in [6.07, 6.45) is 7.32. The van der Waals surface area contributed by atoms with Gasteiger partial charge in [-0.1, -0.05) is 35.9 Å². The van der Waals surface area contributed by atoms with Crippen molar-refractivity contribution in [3.8, 4) is 0 Å². The average Bonchev–Trinajstić information content (AvgIpc) is 3.62. The zero-order chi connectivity index (χ0) is 21.8. The fourth-order valence-corrected chi connectivity index (χ4v) is 4.17. The van der Waals surface area contributed by atoms with Crippen LogP contribution >= 0.6 is 0 Å². The van der Waals surface area contributed by atoms with Crippen molar-refractivity contribution >= 4 is 5.82 Å². The summed E-state index contributed by atoms with van der Waals surface area (Å²) in [5.41, 5.74) is 7.47. The number of aromatic nitrogens is 2. The van der Waals surface area contributed by atoms with Crippen molar-refractivity contribution in [1.29, 1.82) is 0 Å². The fourth-order valence-electron chi connectivity index (χ4n) is 4.17. The van der Waals surface area contributed by atoms with Crippen molar-refractivity contribution in [1.82, 2.24) is 15.3 Å². The van der Waals surface area contributed by atoms with Gasteiger partial charge in [0.05, 0.1) is 17.9 Å². The van der Waals surface area contributed by atoms with Gasteiger partial charge in [-0.05, 0) is 75.8 Å². The van der Waals surface area contributed by atoms with Gasteiger partial charge in [0.15, 0.2) is 0 Å². The van der Waals surface area contributed by atoms with Crippen molar-refractivity contribution in [3.63, 3.8) is 0 Å². The van der Waals surface area contributed by atoms with E-state index in [1.54, 1.807) is 0 Å². The molecule has 4 heteroatoms. The summed E-state index contributed by atoms with van der Waals surface area (Å²) >= 11 is 0. The second-order valence-electron chi connectivity index (χ2n) is 8.62. The SMILES string of the molecule is CCNC1=C(C)CCN(c2cncc(C3CC3)n2)[C@H]1c1cc#ccccc(C)c(C)c1. The Labute approximate surface area is 186 Å². The number of hydrogen-bond donors (Lipinski definition) is 1. The second-order valence-corrected chi connectivity index (χ2v) is 8.62. The summed E-state index contributed by atoms with van der Waals surface area (Å²) in [7, 11) is 0. The van der Waals surface area contributed by atoms with Crippen molar-refractivity contribution in [2.24, 2.45) is 0 Å². The summed E-state index contributed by atoms with van der Waals surface area (Å²) in [5.74, 6) is 1.54. The lowest BCUT2D eigenvalue weighted by Gasteiger charge is -2.39. The number of anilines is 1. The molecule has 0 spiro atoms. The molecule has 0 radical (unpaired) electrons. The molecule has 31 heavy (non-hydrogen) atoms. The number of likely N-dealkylation sites (N-methyl/N-ethyl adjacent to an activating group) is 1. The first-order valence-corrected chi connectivity index (χ1v) is 11.3. The Morgan fingerprint density at radius 3 is 2.74 bits per heavy atom. The highest BCUT2D eigenvalue weighted by Gasteiger charge is 2.32. The van der Waals surface area contributed by atoms with Gasteiger partial charge in [0.25, 0.3) is 0 Å². The van der Waals surface area contributed by atoms with E-state index in [1.165, 1.54) is 40.8 Å². The van der Waals surface area contributed by atoms with Crippen LogP contribution in [0.4, 0.5) is 5.82 Å². The third-order valence-electron chi connectivity index (χ3n) is 6.24. The minimum absolute atomic E-state index is 0.0397. The molecular formula is C27H32N4. The normalized spacial score (nSPS) is 18.3. The van der Waals surface area contributed by atoms with Crippen LogP contribution in [0.1, 0.15) is 67.5 Å². The van der Waals surface area contributed by atoms with E-state index in [0.29, 0.717) is 5.92 Å². The molecule has 1 aliphatic carbocycles. The number of nitrogens with zero attached hydrogens (tertiary/aromatic N) is 3. The third kappa shape index (κ3) is 4.82. The van der Waals surface area contributed by atoms with E-state index in [4.69, 9.17) is 4.98 Å². The Morgan fingerprint density at radius 2 is 1.97 bits per heavy atom. The first-order chi connectivity index (χ1) is 15.1. The van der Waals surface area contributed by atoms with Gasteiger partial charge in [0.2, 0.25) is 0 Å². The standard InChI is InChI=1S/C27H32N4/c1-5-29-26-20(3)14-15-31(25-18-28-17-24(30-25)22-12-13-22)27(26)23-11-9-7-6-8-10-19(2)21(4)16-23/h6,8,10-11,16-18,22,27,29H,5,12-15H2,1-4H3/t27-/m0/s1. The monoisotopic (exact) mass is 412 g/mol. The van der Waals surface area contributed by atoms with E-state index >= 15 is 0 Å². The largest absolute Gasteiger partial charge is 0.387 e. The molecule has 0 bridgehead atoms. The molecule has 4 rings (SSSR count). The molecule has 1 aliphatic heterocycles. The fraction of sp³-hybridized carbons (Fsp3) is 0.407. The van der Waals surface area contributed by atoms with E-state index in [-0.39, 0.29) is 6.04 Å². The van der Waals surface area contributed by atoms with Crippen LogP contribution in [0.2, 0.25) is 0 Å². The molecule has 1 aromatic heterocycles. The molecule has 0 unspecified atom stereocenters. The Kier molecular flexibility index (Phi) is 6.42. The molecule has 1 atom stereocenters. The number of rotatable bonds is 5. The summed E-state index contributed by atoms with van der Waals surface area (Å²) in [6, 6.07) is 16.8. The Morgan fingerprint density at radius 1 is 1.13 bits per heavy atom. The first kappa shape index (κ1) is 21.2. The highest BCUT2D eigenvalue weighted by atomic mass is 15.2. The van der Waals surface area contributed by atoms with Gasteiger partial charge in [0.1, 0.15) is 5.82 Å². The summed E-state index contributed by atoms with van der Waals surface area (Å²) < 4.78 is 0. The third-order valence-corrected chi connectivity index (χ3v) is 6.24. The van der Waals surface area contributed by atoms with Crippen molar-refractivity contribution in [3.05, 3.63) is 88.5 Å². The van der Waals surface area contributed by atoms with Crippen LogP contribution in [0.5, 0.6) is 0 Å². The van der Waals surface area contributed by atoms with Crippen molar-refractivity contribution < 1.29 is 0 Å². The molecule has 1 fully saturated rings. The predicted molar refractivity (Wildman–Crippen MR) is 126 cm³/mol. The molecule has 2 aliphatic rings. The molecule has 0 amide bonds. The van der Waals surface area contributed by atoms with Gasteiger partial charge in [-0.2, -0.15) is 0 Å². The number of aryl methyl sites for hydroxylation is 2. The van der Waals surface area contributed by atoms with E-state index in [2.05, 4.69) is 73.2 Å². The Balaban J connectivity index is 1.87. The van der Waals surface area contributed by atoms with Gasteiger partial charge >= 0.3 is 0 Å². The molecule has 2 heterocycles. The number of hydrogen-bond acceptors (Lipinski definition) is 4. The van der Waals surface area contributed by atoms with E-state index in [9.17, 15) is 0 Å². The van der Waals surface area contributed by atoms with Crippen LogP contribution in [-0.4, -0.2) is 23.1 Å². The van der Waals surface area contributed by atoms with Gasteiger partial charge in [-0.25, -0.2) is 4.98 Å². The highest BCUT2D eigenvalue weighted by molar-refractivity contribution is 5.49. The quantitative estimate of drug-likeness (QED) is 0.701. The summed E-state index contributed by atoms with van der Waals surface area (Å²) in [4.78, 5) is 12.0. The van der Waals surface area contributed by atoms with Gasteiger partial charge in [-0.3, -0.25) is 4.98 Å². The predicted octanol–water partition coefficient (Wildman–Crippen LogP) is 5.53. The van der Waals surface area contributed by atoms with Gasteiger partial charge in [-0.15, -0.1) is 0 Å². The maximum absolute atomic E-state index is 5.04. The molecule has 2 aromatic rings. The zero-order valence-corrected chi connectivity index (χ0v) is 19.1. The molecule has 1 aromatic carbocycles. The Hall–Kier alpha value is -3.06. The second kappa shape index (κ2) is 9.39. The van der Waals surface area contributed by atoms with Crippen LogP contribution in [0.15, 0.2) is 54.0 Å². The molecule has 160 valence electrons. The number of nitrogens with one attached hydrogen (secondary N) is 1. The first-order valence-electron chi connectivity index (χ1n) is 11.3. The minimum Gasteiger partial charge on any atom is -0.387 e. The van der Waals surface area contributed by atoms with Crippen LogP contribution in [0.25, 0.3) is 0 Å². The van der Waals surface area contributed by atoms with E-state index in [1.807, 2.05) is 24.5 Å². The maximum atomic E-state index is 5.04. The lowest BCUT2D eigenvalue weighted by atomic mass is 9.93. The van der Waals surface area contributed by atoms with Gasteiger partial charge < -0.3 is 10.2 Å². The van der Waals surface area contributed by atoms with Crippen LogP contribution in [0, 0.1) is 26.0 Å². The maximum Gasteiger partial charge on any atom is 0.148 e.